The van der Waals surface area contributed by atoms with Crippen LogP contribution in [0.25, 0.3) is 0 Å². The predicted molar refractivity (Wildman–Crippen MR) is 81.2 cm³/mol. The molecule has 3 fully saturated rings. The average Bonchev–Trinajstić information content (AvgIpc) is 2.57. The summed E-state index contributed by atoms with van der Waals surface area (Å²) in [7, 11) is 1.69. The Morgan fingerprint density at radius 2 is 1.90 bits per heavy atom. The maximum absolute atomic E-state index is 6.17. The van der Waals surface area contributed by atoms with Gasteiger partial charge in [-0.15, -0.1) is 6.42 Å². The molecule has 0 aromatic rings. The molecule has 2 saturated heterocycles. The third kappa shape index (κ3) is 1.85. The summed E-state index contributed by atoms with van der Waals surface area (Å²) >= 11 is 0. The molecule has 8 atom stereocenters. The molecule has 2 aliphatic heterocycles. The van der Waals surface area contributed by atoms with E-state index in [0.717, 1.165) is 6.42 Å². The van der Waals surface area contributed by atoms with Gasteiger partial charge in [0.1, 0.15) is 11.7 Å². The molecule has 0 aromatic carbocycles. The molecule has 0 aromatic heterocycles. The van der Waals surface area contributed by atoms with Crippen molar-refractivity contribution in [3.05, 3.63) is 0 Å². The number of hydrogen-bond donors (Lipinski definition) is 0. The molecule has 0 N–H and O–H groups in total. The molecule has 0 radical (unpaired) electrons. The van der Waals surface area contributed by atoms with Gasteiger partial charge in [0.25, 0.3) is 0 Å². The van der Waals surface area contributed by atoms with Gasteiger partial charge < -0.3 is 14.2 Å². The van der Waals surface area contributed by atoms with Crippen molar-refractivity contribution < 1.29 is 14.2 Å². The largest absolute Gasteiger partial charge is 0.366 e. The van der Waals surface area contributed by atoms with Crippen LogP contribution >= 0.6 is 0 Å². The van der Waals surface area contributed by atoms with Gasteiger partial charge in [0.15, 0.2) is 6.29 Å². The zero-order valence-corrected chi connectivity index (χ0v) is 11.6. The zero-order chi connectivity index (χ0) is 13.1. The summed E-state index contributed by atoms with van der Waals surface area (Å²) in [6, 6.07) is 0. The highest BCUT2D eigenvalue weighted by Crippen LogP contribution is 2.63. The van der Waals surface area contributed by atoms with Gasteiger partial charge in [0.05, 0.1) is 6.10 Å². The van der Waals surface area contributed by atoms with E-state index in [-0.39, 0.29) is 32.8 Å². The van der Waals surface area contributed by atoms with Gasteiger partial charge in [-0.25, -0.2) is 0 Å². The third-order valence-electron chi connectivity index (χ3n) is 5.36. The molecular formula is C17H30O3. The van der Waals surface area contributed by atoms with Crippen molar-refractivity contribution in [2.24, 2.45) is 23.7 Å². The lowest BCUT2D eigenvalue weighted by atomic mass is 9.67. The van der Waals surface area contributed by atoms with E-state index in [1.807, 2.05) is 0 Å². The molecule has 1 saturated carbocycles. The molecule has 1 aliphatic carbocycles. The van der Waals surface area contributed by atoms with E-state index in [1.165, 1.54) is 0 Å². The van der Waals surface area contributed by atoms with Crippen LogP contribution in [-0.2, 0) is 14.2 Å². The van der Waals surface area contributed by atoms with E-state index in [9.17, 15) is 0 Å². The van der Waals surface area contributed by atoms with Crippen LogP contribution in [0.3, 0.4) is 0 Å². The molecule has 2 heterocycles. The average molecular weight is 282 g/mol. The minimum atomic E-state index is -0.314. The number of ether oxygens (including phenoxy) is 3. The normalized spacial score (nSPS) is 52.5. The van der Waals surface area contributed by atoms with Gasteiger partial charge in [0.2, 0.25) is 0 Å². The molecule has 3 unspecified atom stereocenters. The minimum Gasteiger partial charge on any atom is -0.366 e. The summed E-state index contributed by atoms with van der Waals surface area (Å²) in [5.74, 6) is 4.73. The molecule has 3 heteroatoms. The summed E-state index contributed by atoms with van der Waals surface area (Å²) in [5.41, 5.74) is -0.250. The number of terminal acetylenes is 1. The van der Waals surface area contributed by atoms with E-state index in [4.69, 9.17) is 20.6 Å². The lowest BCUT2D eigenvalue weighted by Crippen LogP contribution is -2.71. The zero-order valence-electron chi connectivity index (χ0n) is 11.6. The first-order valence-corrected chi connectivity index (χ1v) is 6.88. The van der Waals surface area contributed by atoms with Gasteiger partial charge in [-0.1, -0.05) is 34.6 Å². The van der Waals surface area contributed by atoms with Crippen LogP contribution in [0, 0.1) is 36.0 Å². The topological polar surface area (TPSA) is 27.7 Å². The Balaban J connectivity index is 0.000001000. The molecule has 0 amide bonds. The van der Waals surface area contributed by atoms with E-state index >= 15 is 0 Å². The molecule has 3 rings (SSSR count). The minimum absolute atomic E-state index is 0. The Hall–Kier alpha value is -0.560. The Morgan fingerprint density at radius 1 is 1.25 bits per heavy atom. The van der Waals surface area contributed by atoms with E-state index in [1.54, 1.807) is 7.11 Å². The Bertz CT molecular complexity index is 388. The molecule has 3 nitrogen and oxygen atoms in total. The maximum atomic E-state index is 6.17. The summed E-state index contributed by atoms with van der Waals surface area (Å²) in [4.78, 5) is 0. The number of hydrogen-bond acceptors (Lipinski definition) is 3. The van der Waals surface area contributed by atoms with E-state index in [0.29, 0.717) is 29.8 Å². The van der Waals surface area contributed by atoms with Crippen LogP contribution in [0.15, 0.2) is 0 Å². The van der Waals surface area contributed by atoms with Gasteiger partial charge in [-0.2, -0.15) is 0 Å². The van der Waals surface area contributed by atoms with Crippen LogP contribution in [-0.4, -0.2) is 31.2 Å². The SMILES string of the molecule is C.C.C#C[C@H]1O[C@H](OC)[C@@]23OC(C)C2C(C)C[C@H]3[C@H]1C. The fourth-order valence-electron chi connectivity index (χ4n) is 4.76. The maximum Gasteiger partial charge on any atom is 0.188 e. The van der Waals surface area contributed by atoms with Crippen molar-refractivity contribution in [1.82, 2.24) is 0 Å². The first-order valence-electron chi connectivity index (χ1n) is 6.88. The highest BCUT2D eigenvalue weighted by atomic mass is 16.7. The van der Waals surface area contributed by atoms with Crippen LogP contribution in [0.4, 0.5) is 0 Å². The first-order chi connectivity index (χ1) is 8.56. The fraction of sp³-hybridized carbons (Fsp3) is 0.882. The monoisotopic (exact) mass is 282 g/mol. The van der Waals surface area contributed by atoms with Gasteiger partial charge in [-0.05, 0) is 31.1 Å². The van der Waals surface area contributed by atoms with Crippen LogP contribution in [0.2, 0.25) is 0 Å². The lowest BCUT2D eigenvalue weighted by Gasteiger charge is -2.60. The quantitative estimate of drug-likeness (QED) is 0.690. The van der Waals surface area contributed by atoms with Gasteiger partial charge >= 0.3 is 0 Å². The Morgan fingerprint density at radius 3 is 2.40 bits per heavy atom. The number of rotatable bonds is 1. The standard InChI is InChI=1S/C15H22O3.2CH4/c1-6-12-9(3)11-7-8(2)13-10(4)18-15(11,13)14(16-5)17-12;;/h1,8-14H,7H2,2-5H3;2*1H4/t8?,9-,10?,11+,12-,13?,14+,15+;;/m1../s1. The highest BCUT2D eigenvalue weighted by Gasteiger charge is 2.72. The van der Waals surface area contributed by atoms with Crippen molar-refractivity contribution in [3.8, 4) is 12.3 Å². The summed E-state index contributed by atoms with van der Waals surface area (Å²) in [6.45, 7) is 6.65. The molecule has 20 heavy (non-hydrogen) atoms. The van der Waals surface area contributed by atoms with Crippen molar-refractivity contribution in [1.29, 1.82) is 0 Å². The van der Waals surface area contributed by atoms with Crippen LogP contribution < -0.4 is 0 Å². The Kier molecular flexibility index (Phi) is 4.96. The predicted octanol–water partition coefficient (Wildman–Crippen LogP) is 3.33. The second kappa shape index (κ2) is 5.67. The molecule has 116 valence electrons. The Labute approximate surface area is 124 Å². The third-order valence-corrected chi connectivity index (χ3v) is 5.36. The van der Waals surface area contributed by atoms with Crippen molar-refractivity contribution in [2.75, 3.05) is 7.11 Å². The smallest absolute Gasteiger partial charge is 0.188 e. The van der Waals surface area contributed by atoms with Crippen molar-refractivity contribution in [2.45, 2.75) is 66.1 Å². The highest BCUT2D eigenvalue weighted by molar-refractivity contribution is 5.19. The molecule has 3 aliphatic rings. The van der Waals surface area contributed by atoms with Crippen LogP contribution in [0.1, 0.15) is 42.0 Å². The molecular weight excluding hydrogens is 252 g/mol. The van der Waals surface area contributed by atoms with E-state index in [2.05, 4.69) is 26.7 Å². The summed E-state index contributed by atoms with van der Waals surface area (Å²) < 4.78 is 17.7. The van der Waals surface area contributed by atoms with Crippen molar-refractivity contribution >= 4 is 0 Å². The second-order valence-electron chi connectivity index (χ2n) is 6.17. The molecule has 1 spiro atoms. The van der Waals surface area contributed by atoms with Gasteiger partial charge in [-0.3, -0.25) is 0 Å². The van der Waals surface area contributed by atoms with Gasteiger partial charge in [0, 0.05) is 13.0 Å². The second-order valence-corrected chi connectivity index (χ2v) is 6.17. The fourth-order valence-corrected chi connectivity index (χ4v) is 4.76. The summed E-state index contributed by atoms with van der Waals surface area (Å²) in [6.07, 6.45) is 6.58. The van der Waals surface area contributed by atoms with E-state index < -0.39 is 0 Å². The number of methoxy groups -OCH3 is 1. The molecule has 0 bridgehead atoms. The summed E-state index contributed by atoms with van der Waals surface area (Å²) in [5, 5.41) is 0. The van der Waals surface area contributed by atoms with Crippen molar-refractivity contribution in [3.63, 3.8) is 0 Å². The lowest BCUT2D eigenvalue weighted by molar-refractivity contribution is -0.387. The first kappa shape index (κ1) is 17.5. The van der Waals surface area contributed by atoms with Crippen LogP contribution in [0.5, 0.6) is 0 Å².